The molecule has 0 aliphatic carbocycles. The number of nitrogens with one attached hydrogen (secondary N) is 1. The third kappa shape index (κ3) is 5.48. The molecule has 0 saturated carbocycles. The van der Waals surface area contributed by atoms with Crippen LogP contribution in [-0.4, -0.2) is 43.3 Å². The van der Waals surface area contributed by atoms with Gasteiger partial charge < -0.3 is 19.3 Å². The fourth-order valence-electron chi connectivity index (χ4n) is 4.03. The van der Waals surface area contributed by atoms with E-state index in [2.05, 4.69) is 27.5 Å². The smallest absolute Gasteiger partial charge is 0.290 e. The predicted molar refractivity (Wildman–Crippen MR) is 121 cm³/mol. The SMILES string of the molecule is COc1ccc(CNC(=O)c2cc([C@@H]3CCCN(Cc4ccc(OC)cc4)C3)no2)cc1. The molecule has 2 aromatic carbocycles. The first-order valence-corrected chi connectivity index (χ1v) is 10.9. The summed E-state index contributed by atoms with van der Waals surface area (Å²) >= 11 is 0. The minimum atomic E-state index is -0.259. The van der Waals surface area contributed by atoms with Crippen molar-refractivity contribution in [2.24, 2.45) is 0 Å². The van der Waals surface area contributed by atoms with Crippen molar-refractivity contribution in [1.29, 1.82) is 0 Å². The highest BCUT2D eigenvalue weighted by molar-refractivity contribution is 5.91. The fraction of sp³-hybridized carbons (Fsp3) is 0.360. The number of ether oxygens (including phenoxy) is 2. The number of benzene rings is 2. The average Bonchev–Trinajstić information content (AvgIpc) is 3.34. The summed E-state index contributed by atoms with van der Waals surface area (Å²) in [6.45, 7) is 3.24. The molecule has 0 spiro atoms. The van der Waals surface area contributed by atoms with E-state index >= 15 is 0 Å². The van der Waals surface area contributed by atoms with Gasteiger partial charge in [0, 0.05) is 31.6 Å². The van der Waals surface area contributed by atoms with Crippen LogP contribution in [0.1, 0.15) is 46.1 Å². The van der Waals surface area contributed by atoms with Crippen LogP contribution in [0.25, 0.3) is 0 Å². The first-order valence-electron chi connectivity index (χ1n) is 10.9. The van der Waals surface area contributed by atoms with E-state index in [0.717, 1.165) is 55.2 Å². The number of nitrogens with zero attached hydrogens (tertiary/aromatic N) is 2. The highest BCUT2D eigenvalue weighted by Gasteiger charge is 2.25. The number of piperidine rings is 1. The summed E-state index contributed by atoms with van der Waals surface area (Å²) in [4.78, 5) is 14.9. The standard InChI is InChI=1S/C25H29N3O4/c1-30-21-9-5-18(6-10-21)15-26-25(29)24-14-23(27-32-24)20-4-3-13-28(17-20)16-19-7-11-22(31-2)12-8-19/h5-12,14,20H,3-4,13,15-17H2,1-2H3,(H,26,29)/t20-/m1/s1. The molecule has 1 saturated heterocycles. The molecule has 1 aliphatic rings. The molecule has 0 unspecified atom stereocenters. The van der Waals surface area contributed by atoms with E-state index in [9.17, 15) is 4.79 Å². The van der Waals surface area contributed by atoms with Crippen molar-refractivity contribution >= 4 is 5.91 Å². The van der Waals surface area contributed by atoms with Crippen LogP contribution in [0.4, 0.5) is 0 Å². The molecule has 1 fully saturated rings. The van der Waals surface area contributed by atoms with Gasteiger partial charge in [-0.05, 0) is 54.8 Å². The van der Waals surface area contributed by atoms with E-state index < -0.39 is 0 Å². The number of methoxy groups -OCH3 is 2. The summed E-state index contributed by atoms with van der Waals surface area (Å²) in [5, 5.41) is 7.09. The molecular formula is C25H29N3O4. The lowest BCUT2D eigenvalue weighted by atomic mass is 9.94. The van der Waals surface area contributed by atoms with Gasteiger partial charge in [0.1, 0.15) is 11.5 Å². The van der Waals surface area contributed by atoms with E-state index in [4.69, 9.17) is 14.0 Å². The molecule has 168 valence electrons. The molecule has 2 heterocycles. The number of amides is 1. The lowest BCUT2D eigenvalue weighted by Gasteiger charge is -2.31. The monoisotopic (exact) mass is 435 g/mol. The van der Waals surface area contributed by atoms with Crippen LogP contribution in [0.2, 0.25) is 0 Å². The van der Waals surface area contributed by atoms with Gasteiger partial charge in [0.15, 0.2) is 0 Å². The van der Waals surface area contributed by atoms with Gasteiger partial charge >= 0.3 is 0 Å². The van der Waals surface area contributed by atoms with E-state index in [1.165, 1.54) is 5.56 Å². The second-order valence-corrected chi connectivity index (χ2v) is 8.07. The molecule has 1 amide bonds. The third-order valence-corrected chi connectivity index (χ3v) is 5.85. The molecule has 0 radical (unpaired) electrons. The maximum absolute atomic E-state index is 12.5. The Morgan fingerprint density at radius 1 is 1.06 bits per heavy atom. The van der Waals surface area contributed by atoms with Crippen LogP contribution in [0.5, 0.6) is 11.5 Å². The Balaban J connectivity index is 1.31. The predicted octanol–water partition coefficient (Wildman–Crippen LogP) is 4.00. The molecule has 1 aromatic heterocycles. The summed E-state index contributed by atoms with van der Waals surface area (Å²) in [5.41, 5.74) is 3.09. The van der Waals surface area contributed by atoms with Crippen molar-refractivity contribution in [2.45, 2.75) is 31.8 Å². The Morgan fingerprint density at radius 3 is 2.38 bits per heavy atom. The van der Waals surface area contributed by atoms with Crippen LogP contribution in [-0.2, 0) is 13.1 Å². The van der Waals surface area contributed by atoms with Crippen molar-refractivity contribution in [3.05, 3.63) is 77.2 Å². The molecule has 4 rings (SSSR count). The second-order valence-electron chi connectivity index (χ2n) is 8.07. The van der Waals surface area contributed by atoms with Gasteiger partial charge in [-0.3, -0.25) is 9.69 Å². The Bertz CT molecular complexity index is 1010. The zero-order valence-corrected chi connectivity index (χ0v) is 18.5. The number of hydrogen-bond donors (Lipinski definition) is 1. The van der Waals surface area contributed by atoms with Crippen LogP contribution in [0.15, 0.2) is 59.1 Å². The van der Waals surface area contributed by atoms with Crippen molar-refractivity contribution < 1.29 is 18.8 Å². The lowest BCUT2D eigenvalue weighted by molar-refractivity contribution is 0.0913. The number of aromatic nitrogens is 1. The van der Waals surface area contributed by atoms with E-state index in [1.807, 2.05) is 36.4 Å². The highest BCUT2D eigenvalue weighted by atomic mass is 16.5. The van der Waals surface area contributed by atoms with E-state index in [1.54, 1.807) is 20.3 Å². The minimum Gasteiger partial charge on any atom is -0.497 e. The number of carbonyl (C=O) groups is 1. The van der Waals surface area contributed by atoms with E-state index in [0.29, 0.717) is 6.54 Å². The molecule has 7 heteroatoms. The summed E-state index contributed by atoms with van der Waals surface area (Å²) < 4.78 is 15.8. The molecule has 7 nitrogen and oxygen atoms in total. The Morgan fingerprint density at radius 2 is 1.72 bits per heavy atom. The maximum atomic E-state index is 12.5. The summed E-state index contributed by atoms with van der Waals surface area (Å²) in [6.07, 6.45) is 2.13. The van der Waals surface area contributed by atoms with E-state index in [-0.39, 0.29) is 17.6 Å². The van der Waals surface area contributed by atoms with Crippen LogP contribution >= 0.6 is 0 Å². The maximum Gasteiger partial charge on any atom is 0.290 e. The topological polar surface area (TPSA) is 76.8 Å². The van der Waals surface area contributed by atoms with Crippen molar-refractivity contribution in [3.8, 4) is 11.5 Å². The van der Waals surface area contributed by atoms with Crippen LogP contribution < -0.4 is 14.8 Å². The first kappa shape index (κ1) is 21.9. The molecule has 0 bridgehead atoms. The molecular weight excluding hydrogens is 406 g/mol. The first-order chi connectivity index (χ1) is 15.6. The van der Waals surface area contributed by atoms with Crippen LogP contribution in [0, 0.1) is 0 Å². The molecule has 32 heavy (non-hydrogen) atoms. The second kappa shape index (κ2) is 10.3. The number of hydrogen-bond acceptors (Lipinski definition) is 6. The zero-order valence-electron chi connectivity index (χ0n) is 18.5. The van der Waals surface area contributed by atoms with Gasteiger partial charge in [-0.2, -0.15) is 0 Å². The largest absolute Gasteiger partial charge is 0.497 e. The molecule has 1 atom stereocenters. The Labute approximate surface area is 188 Å². The van der Waals surface area contributed by atoms with Gasteiger partial charge in [0.2, 0.25) is 5.76 Å². The molecule has 3 aromatic rings. The molecule has 1 N–H and O–H groups in total. The Hall–Kier alpha value is -3.32. The van der Waals surface area contributed by atoms with Crippen molar-refractivity contribution in [1.82, 2.24) is 15.4 Å². The highest BCUT2D eigenvalue weighted by Crippen LogP contribution is 2.28. The summed E-state index contributed by atoms with van der Waals surface area (Å²) in [7, 11) is 3.30. The van der Waals surface area contributed by atoms with Gasteiger partial charge in [-0.25, -0.2) is 0 Å². The lowest BCUT2D eigenvalue weighted by Crippen LogP contribution is -2.34. The normalized spacial score (nSPS) is 16.5. The molecule has 1 aliphatic heterocycles. The number of carbonyl (C=O) groups excluding carboxylic acids is 1. The van der Waals surface area contributed by atoms with Gasteiger partial charge in [-0.1, -0.05) is 29.4 Å². The van der Waals surface area contributed by atoms with Crippen molar-refractivity contribution in [3.63, 3.8) is 0 Å². The Kier molecular flexibility index (Phi) is 7.07. The number of likely N-dealkylation sites (tertiary alicyclic amines) is 1. The van der Waals surface area contributed by atoms with Crippen LogP contribution in [0.3, 0.4) is 0 Å². The van der Waals surface area contributed by atoms with Gasteiger partial charge in [0.25, 0.3) is 5.91 Å². The summed E-state index contributed by atoms with van der Waals surface area (Å²) in [6, 6.07) is 17.5. The summed E-state index contributed by atoms with van der Waals surface area (Å²) in [5.74, 6) is 1.90. The average molecular weight is 436 g/mol. The fourth-order valence-corrected chi connectivity index (χ4v) is 4.03. The number of rotatable bonds is 8. The quantitative estimate of drug-likeness (QED) is 0.576. The third-order valence-electron chi connectivity index (χ3n) is 5.85. The van der Waals surface area contributed by atoms with Gasteiger partial charge in [-0.15, -0.1) is 0 Å². The zero-order chi connectivity index (χ0) is 22.3. The van der Waals surface area contributed by atoms with Gasteiger partial charge in [0.05, 0.1) is 19.9 Å². The van der Waals surface area contributed by atoms with Crippen molar-refractivity contribution in [2.75, 3.05) is 27.3 Å². The minimum absolute atomic E-state index is 0.251.